The number of benzene rings is 1. The minimum absolute atomic E-state index is 0.0154. The molecule has 53 heavy (non-hydrogen) atoms. The first-order chi connectivity index (χ1) is 25.6. The lowest BCUT2D eigenvalue weighted by atomic mass is 9.81. The maximum absolute atomic E-state index is 13.7. The van der Waals surface area contributed by atoms with E-state index in [9.17, 15) is 14.4 Å². The van der Waals surface area contributed by atoms with E-state index in [-0.39, 0.29) is 23.6 Å². The molecule has 7 nitrogen and oxygen atoms in total. The highest BCUT2D eigenvalue weighted by molar-refractivity contribution is 6.10. The molecule has 4 rings (SSSR count). The molecule has 0 bridgehead atoms. The third kappa shape index (κ3) is 11.2. The van der Waals surface area contributed by atoms with Gasteiger partial charge in [-0.1, -0.05) is 76.3 Å². The van der Waals surface area contributed by atoms with E-state index in [1.807, 2.05) is 24.3 Å². The summed E-state index contributed by atoms with van der Waals surface area (Å²) < 4.78 is 12.6. The van der Waals surface area contributed by atoms with Gasteiger partial charge in [-0.3, -0.25) is 9.59 Å². The number of carbonyl (C=O) groups excluding carboxylic acids is 3. The molecular weight excluding hydrogens is 661 g/mol. The molecule has 1 unspecified atom stereocenters. The molecule has 2 N–H and O–H groups in total. The van der Waals surface area contributed by atoms with Crippen molar-refractivity contribution in [1.82, 2.24) is 10.6 Å². The Morgan fingerprint density at radius 2 is 1.60 bits per heavy atom. The van der Waals surface area contributed by atoms with Crippen molar-refractivity contribution in [3.8, 4) is 0 Å². The molecule has 1 aliphatic heterocycles. The largest absolute Gasteiger partial charge is 0.481 e. The van der Waals surface area contributed by atoms with E-state index in [1.165, 1.54) is 11.6 Å². The number of nitrogens with one attached hydrogen (secondary N) is 2. The van der Waals surface area contributed by atoms with Crippen molar-refractivity contribution >= 4 is 23.1 Å². The van der Waals surface area contributed by atoms with Crippen molar-refractivity contribution in [2.24, 2.45) is 0 Å². The number of carbonyl (C=O) groups is 3. The van der Waals surface area contributed by atoms with E-state index in [4.69, 9.17) is 9.47 Å². The second-order valence-corrected chi connectivity index (χ2v) is 14.2. The SMILES string of the molecule is C=C(C)C(=O)/C(=C\C(=O)CC)CCCCCCCCCCOC(=O)c1ccccc1C1=C2C=C(C)C(NCC)=CC2OC2=CC(NCC)=C(C)CC=C21. The Kier molecular flexibility index (Phi) is 15.9. The number of hydrogen-bond acceptors (Lipinski definition) is 7. The quantitative estimate of drug-likeness (QED) is 0.0742. The summed E-state index contributed by atoms with van der Waals surface area (Å²) in [5.41, 5.74) is 10.0. The molecule has 7 heteroatoms. The summed E-state index contributed by atoms with van der Waals surface area (Å²) in [4.78, 5) is 38.0. The minimum Gasteiger partial charge on any atom is -0.481 e. The molecule has 3 aliphatic rings. The standard InChI is InChI=1S/C46H60N2O5/c1-8-35(49)28-34(45(50)31(4)5)21-17-15-13-11-12-14-16-20-26-52-46(51)37-23-19-18-22-36(37)44-38-25-24-32(6)40(47-9-2)29-42(38)53-43-30-41(48-10-3)33(7)27-39(43)44/h18-19,22-23,25,27-30,43,47-48H,4,8-17,20-21,24,26H2,1-3,5-7H3/b34-28-. The Hall–Kier alpha value is -4.65. The summed E-state index contributed by atoms with van der Waals surface area (Å²) in [5.74, 6) is 0.373. The third-order valence-electron chi connectivity index (χ3n) is 9.93. The molecule has 0 spiro atoms. The van der Waals surface area contributed by atoms with Crippen molar-refractivity contribution in [3.05, 3.63) is 123 Å². The summed E-state index contributed by atoms with van der Waals surface area (Å²) in [6.07, 6.45) is 19.8. The van der Waals surface area contributed by atoms with Crippen LogP contribution in [0.25, 0.3) is 5.57 Å². The number of allylic oxidation sites excluding steroid dienone is 8. The number of likely N-dealkylation sites (N-methyl/N-ethyl adjacent to an activating group) is 2. The first-order valence-electron chi connectivity index (χ1n) is 19.7. The Balaban J connectivity index is 1.36. The van der Waals surface area contributed by atoms with E-state index in [2.05, 4.69) is 69.2 Å². The molecule has 0 fully saturated rings. The summed E-state index contributed by atoms with van der Waals surface area (Å²) in [6, 6.07) is 7.80. The van der Waals surface area contributed by atoms with Crippen molar-refractivity contribution in [2.45, 2.75) is 118 Å². The zero-order valence-corrected chi connectivity index (χ0v) is 32.9. The highest BCUT2D eigenvalue weighted by atomic mass is 16.5. The number of ketones is 2. The van der Waals surface area contributed by atoms with Crippen LogP contribution in [-0.4, -0.2) is 43.3 Å². The van der Waals surface area contributed by atoms with Crippen LogP contribution in [0.15, 0.2) is 112 Å². The van der Waals surface area contributed by atoms with Crippen molar-refractivity contribution in [2.75, 3.05) is 19.7 Å². The highest BCUT2D eigenvalue weighted by Crippen LogP contribution is 2.45. The normalized spacial score (nSPS) is 16.9. The van der Waals surface area contributed by atoms with Crippen LogP contribution in [0.5, 0.6) is 0 Å². The fourth-order valence-corrected chi connectivity index (χ4v) is 6.99. The Morgan fingerprint density at radius 3 is 2.28 bits per heavy atom. The summed E-state index contributed by atoms with van der Waals surface area (Å²) in [7, 11) is 0. The van der Waals surface area contributed by atoms with Gasteiger partial charge in [0.15, 0.2) is 11.6 Å². The summed E-state index contributed by atoms with van der Waals surface area (Å²) in [5, 5.41) is 6.98. The maximum atomic E-state index is 13.7. The summed E-state index contributed by atoms with van der Waals surface area (Å²) in [6.45, 7) is 17.7. The van der Waals surface area contributed by atoms with E-state index in [1.54, 1.807) is 13.8 Å². The molecule has 1 atom stereocenters. The van der Waals surface area contributed by atoms with Gasteiger partial charge in [0.1, 0.15) is 11.9 Å². The molecule has 0 radical (unpaired) electrons. The third-order valence-corrected chi connectivity index (χ3v) is 9.93. The molecule has 284 valence electrons. The van der Waals surface area contributed by atoms with Gasteiger partial charge in [0.05, 0.1) is 12.2 Å². The van der Waals surface area contributed by atoms with Gasteiger partial charge in [0, 0.05) is 59.3 Å². The van der Waals surface area contributed by atoms with E-state index >= 15 is 0 Å². The number of unbranched alkanes of at least 4 members (excludes halogenated alkanes) is 7. The molecule has 1 aromatic carbocycles. The van der Waals surface area contributed by atoms with Crippen LogP contribution in [0.2, 0.25) is 0 Å². The van der Waals surface area contributed by atoms with Crippen LogP contribution >= 0.6 is 0 Å². The first-order valence-corrected chi connectivity index (χ1v) is 19.7. The van der Waals surface area contributed by atoms with Gasteiger partial charge in [-0.25, -0.2) is 4.79 Å². The zero-order chi connectivity index (χ0) is 38.3. The van der Waals surface area contributed by atoms with Gasteiger partial charge in [0.25, 0.3) is 0 Å². The van der Waals surface area contributed by atoms with Crippen molar-refractivity contribution in [3.63, 3.8) is 0 Å². The first kappa shape index (κ1) is 41.1. The molecule has 0 saturated heterocycles. The van der Waals surface area contributed by atoms with Crippen LogP contribution in [0.1, 0.15) is 128 Å². The number of rotatable bonds is 21. The van der Waals surface area contributed by atoms with Crippen LogP contribution in [0, 0.1) is 0 Å². The fourth-order valence-electron chi connectivity index (χ4n) is 6.99. The molecule has 2 aliphatic carbocycles. The maximum Gasteiger partial charge on any atom is 0.338 e. The minimum atomic E-state index is -0.307. The van der Waals surface area contributed by atoms with Crippen molar-refractivity contribution < 1.29 is 23.9 Å². The van der Waals surface area contributed by atoms with Crippen molar-refractivity contribution in [1.29, 1.82) is 0 Å². The van der Waals surface area contributed by atoms with E-state index < -0.39 is 0 Å². The average molecular weight is 721 g/mol. The number of esters is 1. The molecule has 0 aromatic heterocycles. The smallest absolute Gasteiger partial charge is 0.338 e. The predicted molar refractivity (Wildman–Crippen MR) is 216 cm³/mol. The molecule has 1 aromatic rings. The average Bonchev–Trinajstić information content (AvgIpc) is 3.30. The van der Waals surface area contributed by atoms with Crippen LogP contribution in [-0.2, 0) is 19.1 Å². The second-order valence-electron chi connectivity index (χ2n) is 14.2. The van der Waals surface area contributed by atoms with Gasteiger partial charge in [-0.05, 0) is 107 Å². The lowest BCUT2D eigenvalue weighted by Crippen LogP contribution is -2.28. The zero-order valence-electron chi connectivity index (χ0n) is 32.9. The van der Waals surface area contributed by atoms with Crippen LogP contribution in [0.4, 0.5) is 0 Å². The van der Waals surface area contributed by atoms with Crippen LogP contribution in [0.3, 0.4) is 0 Å². The highest BCUT2D eigenvalue weighted by Gasteiger charge is 2.34. The lowest BCUT2D eigenvalue weighted by molar-refractivity contribution is -0.115. The lowest BCUT2D eigenvalue weighted by Gasteiger charge is -2.34. The number of Topliss-reactive ketones (excluding diaryl/α,β-unsaturated/α-hetero) is 1. The second kappa shape index (κ2) is 20.6. The monoisotopic (exact) mass is 720 g/mol. The number of ether oxygens (including phenoxy) is 2. The number of hydrogen-bond donors (Lipinski definition) is 2. The van der Waals surface area contributed by atoms with Gasteiger partial charge in [-0.15, -0.1) is 0 Å². The molecule has 1 heterocycles. The summed E-state index contributed by atoms with van der Waals surface area (Å²) >= 11 is 0. The van der Waals surface area contributed by atoms with Gasteiger partial charge in [0.2, 0.25) is 0 Å². The molecule has 0 amide bonds. The van der Waals surface area contributed by atoms with E-state index in [0.717, 1.165) is 116 Å². The van der Waals surface area contributed by atoms with Gasteiger partial charge < -0.3 is 20.1 Å². The predicted octanol–water partition coefficient (Wildman–Crippen LogP) is 10.1. The fraction of sp³-hybridized carbons (Fsp3) is 0.457. The molecule has 0 saturated carbocycles. The van der Waals surface area contributed by atoms with Crippen LogP contribution < -0.4 is 10.6 Å². The Labute approximate surface area is 317 Å². The number of fused-ring (bicyclic) bond motifs is 2. The Morgan fingerprint density at radius 1 is 0.925 bits per heavy atom. The topological polar surface area (TPSA) is 93.7 Å². The molecular formula is C46H60N2O5. The van der Waals surface area contributed by atoms with E-state index in [0.29, 0.717) is 36.2 Å². The Bertz CT molecular complexity index is 1760. The van der Waals surface area contributed by atoms with Gasteiger partial charge >= 0.3 is 5.97 Å². The van der Waals surface area contributed by atoms with Gasteiger partial charge in [-0.2, -0.15) is 0 Å².